The van der Waals surface area contributed by atoms with E-state index in [4.69, 9.17) is 4.74 Å². The SMILES string of the molecule is Cc1ccc(S(=O)(=O)NCCOc2ccc3nnc(-c4cccc(F)c4)n3n2)c(C)c1. The monoisotopic (exact) mass is 441 g/mol. The summed E-state index contributed by atoms with van der Waals surface area (Å²) >= 11 is 0. The van der Waals surface area contributed by atoms with Gasteiger partial charge in [0.1, 0.15) is 12.4 Å². The highest BCUT2D eigenvalue weighted by Crippen LogP contribution is 2.20. The lowest BCUT2D eigenvalue weighted by atomic mass is 10.2. The van der Waals surface area contributed by atoms with E-state index >= 15 is 0 Å². The summed E-state index contributed by atoms with van der Waals surface area (Å²) in [5.74, 6) is 0.240. The Labute approximate surface area is 178 Å². The van der Waals surface area contributed by atoms with E-state index in [0.29, 0.717) is 22.6 Å². The molecule has 4 aromatic rings. The second kappa shape index (κ2) is 8.40. The summed E-state index contributed by atoms with van der Waals surface area (Å²) in [6, 6.07) is 14.4. The van der Waals surface area contributed by atoms with Gasteiger partial charge in [0.05, 0.1) is 4.90 Å². The standard InChI is InChI=1S/C21H20FN5O3S/c1-14-6-7-18(15(2)12-14)31(28,29)23-10-11-30-20-9-8-19-24-25-21(27(19)26-20)16-4-3-5-17(22)13-16/h3-9,12-13,23H,10-11H2,1-2H3. The van der Waals surface area contributed by atoms with Crippen LogP contribution in [0, 0.1) is 19.7 Å². The summed E-state index contributed by atoms with van der Waals surface area (Å²) in [5.41, 5.74) is 2.67. The summed E-state index contributed by atoms with van der Waals surface area (Å²) in [6.07, 6.45) is 0. The van der Waals surface area contributed by atoms with Crippen molar-refractivity contribution in [3.63, 3.8) is 0 Å². The van der Waals surface area contributed by atoms with Gasteiger partial charge in [-0.3, -0.25) is 0 Å². The van der Waals surface area contributed by atoms with Gasteiger partial charge >= 0.3 is 0 Å². The lowest BCUT2D eigenvalue weighted by molar-refractivity contribution is 0.306. The van der Waals surface area contributed by atoms with Crippen LogP contribution in [0.25, 0.3) is 17.0 Å². The van der Waals surface area contributed by atoms with Gasteiger partial charge in [-0.15, -0.1) is 15.3 Å². The van der Waals surface area contributed by atoms with Gasteiger partial charge in [-0.25, -0.2) is 17.5 Å². The van der Waals surface area contributed by atoms with E-state index in [0.717, 1.165) is 5.56 Å². The Hall–Kier alpha value is -3.37. The van der Waals surface area contributed by atoms with E-state index < -0.39 is 15.8 Å². The third-order valence-corrected chi connectivity index (χ3v) is 6.21. The van der Waals surface area contributed by atoms with Gasteiger partial charge in [0.15, 0.2) is 11.5 Å². The van der Waals surface area contributed by atoms with Crippen LogP contribution >= 0.6 is 0 Å². The molecule has 160 valence electrons. The molecule has 2 aromatic carbocycles. The van der Waals surface area contributed by atoms with Crippen molar-refractivity contribution in [3.8, 4) is 17.3 Å². The number of aromatic nitrogens is 4. The van der Waals surface area contributed by atoms with Crippen LogP contribution in [0.5, 0.6) is 5.88 Å². The van der Waals surface area contributed by atoms with Gasteiger partial charge < -0.3 is 4.74 Å². The average Bonchev–Trinajstić information content (AvgIpc) is 3.14. The third kappa shape index (κ3) is 4.54. The molecule has 0 saturated heterocycles. The minimum Gasteiger partial charge on any atom is -0.475 e. The zero-order valence-corrected chi connectivity index (χ0v) is 17.7. The highest BCUT2D eigenvalue weighted by Gasteiger charge is 2.16. The largest absolute Gasteiger partial charge is 0.475 e. The van der Waals surface area contributed by atoms with Crippen LogP contribution in [-0.4, -0.2) is 41.4 Å². The number of hydrogen-bond donors (Lipinski definition) is 1. The van der Waals surface area contributed by atoms with Crippen molar-refractivity contribution in [2.75, 3.05) is 13.2 Å². The first-order chi connectivity index (χ1) is 14.8. The lowest BCUT2D eigenvalue weighted by Gasteiger charge is -2.10. The van der Waals surface area contributed by atoms with Crippen molar-refractivity contribution >= 4 is 15.7 Å². The predicted octanol–water partition coefficient (Wildman–Crippen LogP) is 2.90. The average molecular weight is 441 g/mol. The molecule has 2 heterocycles. The molecule has 10 heteroatoms. The molecule has 0 aliphatic carbocycles. The fourth-order valence-electron chi connectivity index (χ4n) is 3.17. The molecule has 2 aromatic heterocycles. The summed E-state index contributed by atoms with van der Waals surface area (Å²) < 4.78 is 48.1. The fraction of sp³-hybridized carbons (Fsp3) is 0.190. The van der Waals surface area contributed by atoms with Gasteiger partial charge in [-0.1, -0.05) is 29.8 Å². The Morgan fingerprint density at radius 1 is 1.06 bits per heavy atom. The quantitative estimate of drug-likeness (QED) is 0.443. The second-order valence-corrected chi connectivity index (χ2v) is 8.73. The Morgan fingerprint density at radius 3 is 2.68 bits per heavy atom. The van der Waals surface area contributed by atoms with E-state index in [1.54, 1.807) is 43.3 Å². The normalized spacial score (nSPS) is 11.7. The van der Waals surface area contributed by atoms with Crippen molar-refractivity contribution in [2.24, 2.45) is 0 Å². The van der Waals surface area contributed by atoms with E-state index in [1.807, 2.05) is 13.0 Å². The molecule has 0 unspecified atom stereocenters. The molecule has 0 saturated carbocycles. The zero-order chi connectivity index (χ0) is 22.0. The number of halogens is 1. The molecule has 8 nitrogen and oxygen atoms in total. The molecule has 0 radical (unpaired) electrons. The van der Waals surface area contributed by atoms with Crippen molar-refractivity contribution in [1.82, 2.24) is 24.5 Å². The van der Waals surface area contributed by atoms with Crippen molar-refractivity contribution in [1.29, 1.82) is 0 Å². The van der Waals surface area contributed by atoms with Crippen LogP contribution in [-0.2, 0) is 10.0 Å². The topological polar surface area (TPSA) is 98.5 Å². The van der Waals surface area contributed by atoms with Crippen LogP contribution in [0.3, 0.4) is 0 Å². The number of nitrogens with one attached hydrogen (secondary N) is 1. The third-order valence-electron chi connectivity index (χ3n) is 4.59. The summed E-state index contributed by atoms with van der Waals surface area (Å²) in [7, 11) is -3.65. The highest BCUT2D eigenvalue weighted by atomic mass is 32.2. The van der Waals surface area contributed by atoms with E-state index in [9.17, 15) is 12.8 Å². The first-order valence-corrected chi connectivity index (χ1v) is 11.0. The molecule has 31 heavy (non-hydrogen) atoms. The molecule has 0 fully saturated rings. The van der Waals surface area contributed by atoms with Gasteiger partial charge in [0, 0.05) is 18.2 Å². The smallest absolute Gasteiger partial charge is 0.240 e. The summed E-state index contributed by atoms with van der Waals surface area (Å²) in [5, 5.41) is 12.4. The lowest BCUT2D eigenvalue weighted by Crippen LogP contribution is -2.29. The van der Waals surface area contributed by atoms with Crippen LogP contribution < -0.4 is 9.46 Å². The first kappa shape index (κ1) is 20.9. The zero-order valence-electron chi connectivity index (χ0n) is 16.9. The number of nitrogens with zero attached hydrogens (tertiary/aromatic N) is 4. The predicted molar refractivity (Wildman–Crippen MR) is 113 cm³/mol. The molecular formula is C21H20FN5O3S. The van der Waals surface area contributed by atoms with Crippen LogP contribution in [0.1, 0.15) is 11.1 Å². The summed E-state index contributed by atoms with van der Waals surface area (Å²) in [4.78, 5) is 0.238. The van der Waals surface area contributed by atoms with E-state index in [-0.39, 0.29) is 23.9 Å². The number of sulfonamides is 1. The number of ether oxygens (including phenoxy) is 1. The minimum atomic E-state index is -3.65. The highest BCUT2D eigenvalue weighted by molar-refractivity contribution is 7.89. The van der Waals surface area contributed by atoms with E-state index in [2.05, 4.69) is 20.0 Å². The first-order valence-electron chi connectivity index (χ1n) is 9.52. The Morgan fingerprint density at radius 2 is 1.90 bits per heavy atom. The number of aryl methyl sites for hydroxylation is 2. The maximum atomic E-state index is 13.5. The molecular weight excluding hydrogens is 421 g/mol. The van der Waals surface area contributed by atoms with Crippen molar-refractivity contribution < 1.29 is 17.5 Å². The Kier molecular flexibility index (Phi) is 5.66. The molecule has 0 amide bonds. The molecule has 0 bridgehead atoms. The molecule has 0 atom stereocenters. The molecule has 4 rings (SSSR count). The maximum Gasteiger partial charge on any atom is 0.240 e. The fourth-order valence-corrected chi connectivity index (χ4v) is 4.40. The maximum absolute atomic E-state index is 13.5. The van der Waals surface area contributed by atoms with Crippen LogP contribution in [0.4, 0.5) is 4.39 Å². The van der Waals surface area contributed by atoms with Gasteiger partial charge in [-0.05, 0) is 43.7 Å². The minimum absolute atomic E-state index is 0.0638. The van der Waals surface area contributed by atoms with Crippen molar-refractivity contribution in [2.45, 2.75) is 18.7 Å². The van der Waals surface area contributed by atoms with Crippen molar-refractivity contribution in [3.05, 3.63) is 71.5 Å². The summed E-state index contributed by atoms with van der Waals surface area (Å²) in [6.45, 7) is 3.80. The number of rotatable bonds is 7. The van der Waals surface area contributed by atoms with E-state index in [1.165, 1.54) is 16.6 Å². The second-order valence-electron chi connectivity index (χ2n) is 6.99. The molecule has 1 N–H and O–H groups in total. The van der Waals surface area contributed by atoms with Crippen LogP contribution in [0.2, 0.25) is 0 Å². The van der Waals surface area contributed by atoms with Gasteiger partial charge in [0.25, 0.3) is 0 Å². The van der Waals surface area contributed by atoms with Gasteiger partial charge in [0.2, 0.25) is 15.9 Å². The van der Waals surface area contributed by atoms with Crippen LogP contribution in [0.15, 0.2) is 59.5 Å². The molecule has 0 aliphatic rings. The molecule has 0 aliphatic heterocycles. The number of hydrogen-bond acceptors (Lipinski definition) is 6. The number of benzene rings is 2. The van der Waals surface area contributed by atoms with Gasteiger partial charge in [-0.2, -0.15) is 4.52 Å². The molecule has 0 spiro atoms. The number of fused-ring (bicyclic) bond motifs is 1. The Balaban J connectivity index is 1.44. The Bertz CT molecular complexity index is 1350.